The van der Waals surface area contributed by atoms with Gasteiger partial charge in [0.1, 0.15) is 0 Å². The summed E-state index contributed by atoms with van der Waals surface area (Å²) in [4.78, 5) is 32.1. The van der Waals surface area contributed by atoms with Crippen LogP contribution in [0.5, 0.6) is 0 Å². The number of ether oxygens (including phenoxy) is 2. The van der Waals surface area contributed by atoms with E-state index in [1.54, 1.807) is 0 Å². The highest BCUT2D eigenvalue weighted by molar-refractivity contribution is 5.77. The second-order valence-electron chi connectivity index (χ2n) is 10.1. The summed E-state index contributed by atoms with van der Waals surface area (Å²) in [6.45, 7) is 4.26. The number of hydrogen-bond acceptors (Lipinski definition) is 6. The quantitative estimate of drug-likeness (QED) is 0.531. The SMILES string of the molecule is CC(CC(=O)N1CCC(O)(Cn2cnc(-c3cccc(C4OCCO4)c3)cc2=O)CC1)c1ccccc1. The number of piperidine rings is 1. The van der Waals surface area contributed by atoms with Crippen molar-refractivity contribution in [1.29, 1.82) is 0 Å². The molecule has 0 aliphatic carbocycles. The van der Waals surface area contributed by atoms with Gasteiger partial charge in [0.05, 0.1) is 37.4 Å². The van der Waals surface area contributed by atoms with Crippen molar-refractivity contribution in [3.63, 3.8) is 0 Å². The standard InChI is InChI=1S/C29H33N3O5/c1-21(22-6-3-2-4-7-22)16-26(33)31-12-10-29(35,11-13-31)19-32-20-30-25(18-27(32)34)23-8-5-9-24(17-23)28-36-14-15-37-28/h2-9,17-18,20-21,28,35H,10-16,19H2,1H3. The predicted molar refractivity (Wildman–Crippen MR) is 139 cm³/mol. The van der Waals surface area contributed by atoms with Crippen LogP contribution in [0.4, 0.5) is 0 Å². The third-order valence-electron chi connectivity index (χ3n) is 7.32. The zero-order chi connectivity index (χ0) is 25.8. The Kier molecular flexibility index (Phi) is 7.50. The second-order valence-corrected chi connectivity index (χ2v) is 10.1. The molecule has 37 heavy (non-hydrogen) atoms. The molecule has 2 saturated heterocycles. The molecule has 8 nitrogen and oxygen atoms in total. The van der Waals surface area contributed by atoms with Gasteiger partial charge in [-0.2, -0.15) is 0 Å². The fourth-order valence-electron chi connectivity index (χ4n) is 5.04. The summed E-state index contributed by atoms with van der Waals surface area (Å²) in [7, 11) is 0. The number of carbonyl (C=O) groups is 1. The van der Waals surface area contributed by atoms with Gasteiger partial charge >= 0.3 is 0 Å². The van der Waals surface area contributed by atoms with Gasteiger partial charge in [-0.05, 0) is 30.4 Å². The number of hydrogen-bond donors (Lipinski definition) is 1. The molecule has 2 aromatic carbocycles. The zero-order valence-corrected chi connectivity index (χ0v) is 21.1. The maximum absolute atomic E-state index is 12.9. The topological polar surface area (TPSA) is 93.9 Å². The average molecular weight is 504 g/mol. The molecule has 1 atom stereocenters. The molecule has 0 bridgehead atoms. The summed E-state index contributed by atoms with van der Waals surface area (Å²) in [6, 6.07) is 19.1. The number of likely N-dealkylation sites (tertiary alicyclic amines) is 1. The average Bonchev–Trinajstić information content (AvgIpc) is 3.46. The number of aromatic nitrogens is 2. The van der Waals surface area contributed by atoms with Crippen molar-refractivity contribution in [1.82, 2.24) is 14.5 Å². The number of benzene rings is 2. The summed E-state index contributed by atoms with van der Waals surface area (Å²) in [5.74, 6) is 0.230. The van der Waals surface area contributed by atoms with E-state index < -0.39 is 11.9 Å². The molecule has 1 aromatic heterocycles. The maximum atomic E-state index is 12.9. The Labute approximate surface area is 216 Å². The van der Waals surface area contributed by atoms with Crippen molar-refractivity contribution in [2.24, 2.45) is 0 Å². The number of carbonyl (C=O) groups excluding carboxylic acids is 1. The van der Waals surface area contributed by atoms with Crippen molar-refractivity contribution in [3.8, 4) is 11.3 Å². The highest BCUT2D eigenvalue weighted by atomic mass is 16.7. The third kappa shape index (κ3) is 5.98. The molecule has 5 rings (SSSR count). The number of rotatable bonds is 7. The van der Waals surface area contributed by atoms with E-state index >= 15 is 0 Å². The molecule has 1 N–H and O–H groups in total. The van der Waals surface area contributed by atoms with Gasteiger partial charge in [-0.25, -0.2) is 4.98 Å². The lowest BCUT2D eigenvalue weighted by Gasteiger charge is -2.38. The fraction of sp³-hybridized carbons (Fsp3) is 0.414. The fourth-order valence-corrected chi connectivity index (χ4v) is 5.04. The van der Waals surface area contributed by atoms with Gasteiger partial charge in [0.2, 0.25) is 5.91 Å². The summed E-state index contributed by atoms with van der Waals surface area (Å²) in [6.07, 6.45) is 2.36. The first kappa shape index (κ1) is 25.3. The van der Waals surface area contributed by atoms with Crippen LogP contribution in [0.15, 0.2) is 71.8 Å². The highest BCUT2D eigenvalue weighted by Gasteiger charge is 2.35. The first-order valence-electron chi connectivity index (χ1n) is 12.9. The Balaban J connectivity index is 1.19. The van der Waals surface area contributed by atoms with Crippen LogP contribution in [-0.2, 0) is 20.8 Å². The molecule has 194 valence electrons. The normalized spacial score (nSPS) is 18.6. The molecule has 1 amide bonds. The van der Waals surface area contributed by atoms with Gasteiger partial charge < -0.3 is 19.5 Å². The van der Waals surface area contributed by atoms with Gasteiger partial charge in [-0.3, -0.25) is 14.2 Å². The van der Waals surface area contributed by atoms with Crippen molar-refractivity contribution in [3.05, 3.63) is 88.5 Å². The summed E-state index contributed by atoms with van der Waals surface area (Å²) < 4.78 is 12.6. The van der Waals surface area contributed by atoms with E-state index in [-0.39, 0.29) is 23.9 Å². The summed E-state index contributed by atoms with van der Waals surface area (Å²) >= 11 is 0. The minimum Gasteiger partial charge on any atom is -0.388 e. The van der Waals surface area contributed by atoms with E-state index in [1.807, 2.05) is 59.5 Å². The molecule has 1 unspecified atom stereocenters. The molecule has 0 radical (unpaired) electrons. The molecular weight excluding hydrogens is 470 g/mol. The van der Waals surface area contributed by atoms with Crippen LogP contribution in [0, 0.1) is 0 Å². The first-order chi connectivity index (χ1) is 17.9. The molecule has 0 spiro atoms. The van der Waals surface area contributed by atoms with E-state index in [1.165, 1.54) is 17.0 Å². The molecule has 8 heteroatoms. The second kappa shape index (κ2) is 11.0. The maximum Gasteiger partial charge on any atom is 0.253 e. The molecule has 2 aliphatic heterocycles. The van der Waals surface area contributed by atoms with Crippen LogP contribution in [0.3, 0.4) is 0 Å². The minimum atomic E-state index is -1.06. The van der Waals surface area contributed by atoms with E-state index in [0.717, 1.165) is 16.7 Å². The van der Waals surface area contributed by atoms with Crippen molar-refractivity contribution in [2.75, 3.05) is 26.3 Å². The molecule has 2 aliphatic rings. The van der Waals surface area contributed by atoms with Gasteiger partial charge in [0.25, 0.3) is 5.56 Å². The monoisotopic (exact) mass is 503 g/mol. The van der Waals surface area contributed by atoms with Crippen LogP contribution < -0.4 is 5.56 Å². The van der Waals surface area contributed by atoms with Gasteiger partial charge in [0, 0.05) is 36.7 Å². The Bertz CT molecular complexity index is 1280. The Morgan fingerprint density at radius 3 is 2.51 bits per heavy atom. The van der Waals surface area contributed by atoms with Crippen LogP contribution in [0.2, 0.25) is 0 Å². The summed E-state index contributed by atoms with van der Waals surface area (Å²) in [5.41, 5.74) is 2.09. The lowest BCUT2D eigenvalue weighted by Crippen LogP contribution is -2.49. The predicted octanol–water partition coefficient (Wildman–Crippen LogP) is 3.50. The third-order valence-corrected chi connectivity index (χ3v) is 7.32. The van der Waals surface area contributed by atoms with Crippen LogP contribution in [0.1, 0.15) is 49.5 Å². The van der Waals surface area contributed by atoms with E-state index in [0.29, 0.717) is 51.3 Å². The molecule has 0 saturated carbocycles. The van der Waals surface area contributed by atoms with Gasteiger partial charge in [-0.15, -0.1) is 0 Å². The van der Waals surface area contributed by atoms with Crippen LogP contribution in [0.25, 0.3) is 11.3 Å². The number of amides is 1. The van der Waals surface area contributed by atoms with E-state index in [9.17, 15) is 14.7 Å². The number of nitrogens with zero attached hydrogens (tertiary/aromatic N) is 3. The first-order valence-corrected chi connectivity index (χ1v) is 12.9. The van der Waals surface area contributed by atoms with E-state index in [2.05, 4.69) is 11.9 Å². The number of aliphatic hydroxyl groups is 1. The molecule has 2 fully saturated rings. The van der Waals surface area contributed by atoms with E-state index in [4.69, 9.17) is 9.47 Å². The van der Waals surface area contributed by atoms with Crippen molar-refractivity contribution < 1.29 is 19.4 Å². The molecular formula is C29H33N3O5. The highest BCUT2D eigenvalue weighted by Crippen LogP contribution is 2.28. The molecule has 3 aromatic rings. The Morgan fingerprint density at radius 1 is 1.08 bits per heavy atom. The zero-order valence-electron chi connectivity index (χ0n) is 21.1. The lowest BCUT2D eigenvalue weighted by molar-refractivity contribution is -0.136. The Morgan fingerprint density at radius 2 is 1.81 bits per heavy atom. The lowest BCUT2D eigenvalue weighted by atomic mass is 9.90. The minimum absolute atomic E-state index is 0.0947. The van der Waals surface area contributed by atoms with Gasteiger partial charge in [-0.1, -0.05) is 55.5 Å². The van der Waals surface area contributed by atoms with Crippen molar-refractivity contribution in [2.45, 2.75) is 50.5 Å². The largest absolute Gasteiger partial charge is 0.388 e. The van der Waals surface area contributed by atoms with Gasteiger partial charge in [0.15, 0.2) is 6.29 Å². The smallest absolute Gasteiger partial charge is 0.253 e. The van der Waals surface area contributed by atoms with Crippen LogP contribution in [-0.4, -0.2) is 57.4 Å². The molecule has 3 heterocycles. The van der Waals surface area contributed by atoms with Crippen LogP contribution >= 0.6 is 0 Å². The summed E-state index contributed by atoms with van der Waals surface area (Å²) in [5, 5.41) is 11.2. The van der Waals surface area contributed by atoms with Crippen molar-refractivity contribution >= 4 is 5.91 Å². The Hall–Kier alpha value is -3.33.